The summed E-state index contributed by atoms with van der Waals surface area (Å²) in [5, 5.41) is 8.96. The Hall–Kier alpha value is -3.30. The van der Waals surface area contributed by atoms with Crippen LogP contribution in [0.25, 0.3) is 11.2 Å². The third-order valence-corrected chi connectivity index (χ3v) is 6.63. The average Bonchev–Trinajstić information content (AvgIpc) is 3.21. The molecule has 2 saturated heterocycles. The Morgan fingerprint density at radius 2 is 1.81 bits per heavy atom. The van der Waals surface area contributed by atoms with Gasteiger partial charge in [-0.15, -0.1) is 11.3 Å². The van der Waals surface area contributed by atoms with Gasteiger partial charge in [-0.05, 0) is 48.6 Å². The van der Waals surface area contributed by atoms with E-state index in [9.17, 15) is 0 Å². The van der Waals surface area contributed by atoms with Gasteiger partial charge < -0.3 is 20.3 Å². The molecule has 9 heteroatoms. The molecule has 2 aliphatic rings. The van der Waals surface area contributed by atoms with E-state index in [0.717, 1.165) is 43.7 Å². The van der Waals surface area contributed by atoms with Crippen molar-refractivity contribution in [1.29, 1.82) is 0 Å². The zero-order chi connectivity index (χ0) is 21.3. The van der Waals surface area contributed by atoms with Gasteiger partial charge >= 0.3 is 0 Å². The summed E-state index contributed by atoms with van der Waals surface area (Å²) in [5.74, 6) is 1.38. The Bertz CT molecular complexity index is 1210. The molecule has 0 saturated carbocycles. The van der Waals surface area contributed by atoms with Gasteiger partial charge in [-0.3, -0.25) is 0 Å². The minimum atomic E-state index is 0.0695. The molecule has 2 unspecified atom stereocenters. The highest BCUT2D eigenvalue weighted by Crippen LogP contribution is 2.30. The Kier molecular flexibility index (Phi) is 5.05. The molecule has 0 spiro atoms. The summed E-state index contributed by atoms with van der Waals surface area (Å²) in [6, 6.07) is 12.4. The molecule has 0 radical (unpaired) electrons. The first kappa shape index (κ1) is 19.4. The van der Waals surface area contributed by atoms with Crippen molar-refractivity contribution in [2.24, 2.45) is 0 Å². The molecule has 0 amide bonds. The third kappa shape index (κ3) is 4.09. The first-order valence-electron chi connectivity index (χ1n) is 10.9. The van der Waals surface area contributed by atoms with Crippen molar-refractivity contribution in [3.63, 3.8) is 0 Å². The number of hydrogen-bond acceptors (Lipinski definition) is 9. The topological polar surface area (TPSA) is 91.4 Å². The highest BCUT2D eigenvalue weighted by molar-refractivity contribution is 7.09. The molecule has 2 fully saturated rings. The largest absolute Gasteiger partial charge is 0.358 e. The molecule has 5 heterocycles. The molecule has 2 aliphatic heterocycles. The fourth-order valence-electron chi connectivity index (χ4n) is 4.00. The lowest BCUT2D eigenvalue weighted by Gasteiger charge is -2.17. The van der Waals surface area contributed by atoms with Gasteiger partial charge in [-0.1, -0.05) is 6.07 Å². The van der Waals surface area contributed by atoms with Gasteiger partial charge in [0.2, 0.25) is 5.95 Å². The van der Waals surface area contributed by atoms with Gasteiger partial charge in [0, 0.05) is 48.2 Å². The number of nitrogens with zero attached hydrogens (tertiary/aromatic N) is 5. The highest BCUT2D eigenvalue weighted by Gasteiger charge is 2.38. The summed E-state index contributed by atoms with van der Waals surface area (Å²) in [4.78, 5) is 21.8. The molecular weight excluding hydrogens is 422 g/mol. The minimum Gasteiger partial charge on any atom is -0.358 e. The number of anilines is 4. The molecule has 8 nitrogen and oxygen atoms in total. The smallest absolute Gasteiger partial charge is 0.229 e. The second kappa shape index (κ2) is 8.33. The molecule has 32 heavy (non-hydrogen) atoms. The standard InChI is InChI=1S/C23H23N7OS/c1-2-12-30(11-1)23-28-20-19(24-9-10-25-20)21(29-23)26-15-5-7-16(8-6-15)27-22-18(31-22)14-17-4-3-13-32-17/h3-10,13,18,22,27H,1-2,11-12,14H2,(H,25,26,28,29). The van der Waals surface area contributed by atoms with E-state index in [-0.39, 0.29) is 12.3 Å². The van der Waals surface area contributed by atoms with E-state index in [0.29, 0.717) is 22.9 Å². The van der Waals surface area contributed by atoms with Crippen molar-refractivity contribution in [3.05, 3.63) is 59.0 Å². The lowest BCUT2D eigenvalue weighted by Crippen LogP contribution is -2.21. The van der Waals surface area contributed by atoms with Crippen LogP contribution in [0, 0.1) is 0 Å². The molecular formula is C23H23N7OS. The quantitative estimate of drug-likeness (QED) is 0.409. The first-order chi connectivity index (χ1) is 15.8. The fourth-order valence-corrected chi connectivity index (χ4v) is 4.75. The zero-order valence-corrected chi connectivity index (χ0v) is 18.3. The van der Waals surface area contributed by atoms with Crippen LogP contribution >= 0.6 is 11.3 Å². The number of aromatic nitrogens is 4. The summed E-state index contributed by atoms with van der Waals surface area (Å²) >= 11 is 1.77. The van der Waals surface area contributed by atoms with Crippen LogP contribution in [0.4, 0.5) is 23.1 Å². The van der Waals surface area contributed by atoms with Gasteiger partial charge in [0.15, 0.2) is 23.2 Å². The number of epoxide rings is 1. The van der Waals surface area contributed by atoms with Crippen molar-refractivity contribution in [3.8, 4) is 0 Å². The highest BCUT2D eigenvalue weighted by atomic mass is 32.1. The Morgan fingerprint density at radius 1 is 1.00 bits per heavy atom. The van der Waals surface area contributed by atoms with Crippen LogP contribution in [-0.4, -0.2) is 45.4 Å². The summed E-state index contributed by atoms with van der Waals surface area (Å²) in [6.45, 7) is 1.95. The molecule has 0 aliphatic carbocycles. The molecule has 6 rings (SSSR count). The van der Waals surface area contributed by atoms with Gasteiger partial charge in [0.05, 0.1) is 0 Å². The molecule has 4 aromatic rings. The van der Waals surface area contributed by atoms with Gasteiger partial charge in [-0.25, -0.2) is 9.97 Å². The van der Waals surface area contributed by atoms with Crippen LogP contribution < -0.4 is 15.5 Å². The second-order valence-corrected chi connectivity index (χ2v) is 9.05. The maximum Gasteiger partial charge on any atom is 0.229 e. The van der Waals surface area contributed by atoms with Crippen LogP contribution in [-0.2, 0) is 11.2 Å². The van der Waals surface area contributed by atoms with Crippen LogP contribution in [0.15, 0.2) is 54.2 Å². The molecule has 0 bridgehead atoms. The van der Waals surface area contributed by atoms with Crippen molar-refractivity contribution in [1.82, 2.24) is 19.9 Å². The number of fused-ring (bicyclic) bond motifs is 1. The normalized spacial score (nSPS) is 19.9. The summed E-state index contributed by atoms with van der Waals surface area (Å²) < 4.78 is 5.77. The van der Waals surface area contributed by atoms with Crippen LogP contribution in [0.5, 0.6) is 0 Å². The monoisotopic (exact) mass is 445 g/mol. The maximum absolute atomic E-state index is 5.77. The van der Waals surface area contributed by atoms with Crippen LogP contribution in [0.3, 0.4) is 0 Å². The van der Waals surface area contributed by atoms with Crippen LogP contribution in [0.2, 0.25) is 0 Å². The predicted molar refractivity (Wildman–Crippen MR) is 127 cm³/mol. The van der Waals surface area contributed by atoms with Crippen molar-refractivity contribution >= 4 is 45.6 Å². The van der Waals surface area contributed by atoms with Crippen molar-refractivity contribution < 1.29 is 4.74 Å². The van der Waals surface area contributed by atoms with Gasteiger partial charge in [0.1, 0.15) is 6.10 Å². The van der Waals surface area contributed by atoms with E-state index in [1.807, 2.05) is 24.3 Å². The van der Waals surface area contributed by atoms with E-state index < -0.39 is 0 Å². The fraction of sp³-hybridized carbons (Fsp3) is 0.304. The molecule has 3 aromatic heterocycles. The summed E-state index contributed by atoms with van der Waals surface area (Å²) in [7, 11) is 0. The van der Waals surface area contributed by atoms with Crippen molar-refractivity contribution in [2.75, 3.05) is 28.6 Å². The number of benzene rings is 1. The second-order valence-electron chi connectivity index (χ2n) is 8.02. The molecule has 162 valence electrons. The van der Waals surface area contributed by atoms with E-state index in [2.05, 4.69) is 48.0 Å². The predicted octanol–water partition coefficient (Wildman–Crippen LogP) is 4.20. The van der Waals surface area contributed by atoms with E-state index in [1.54, 1.807) is 23.7 Å². The SMILES string of the molecule is c1csc(CC2OC2Nc2ccc(Nc3nc(N4CCCC4)nc4nccnc34)cc2)c1. The van der Waals surface area contributed by atoms with E-state index in [1.165, 1.54) is 4.88 Å². The van der Waals surface area contributed by atoms with E-state index in [4.69, 9.17) is 9.72 Å². The average molecular weight is 446 g/mol. The molecule has 2 N–H and O–H groups in total. The number of nitrogens with one attached hydrogen (secondary N) is 2. The lowest BCUT2D eigenvalue weighted by atomic mass is 10.2. The van der Waals surface area contributed by atoms with E-state index >= 15 is 0 Å². The molecule has 1 aromatic carbocycles. The number of hydrogen-bond donors (Lipinski definition) is 2. The number of thiophene rings is 1. The Morgan fingerprint density at radius 3 is 2.62 bits per heavy atom. The minimum absolute atomic E-state index is 0.0695. The lowest BCUT2D eigenvalue weighted by molar-refractivity contribution is 0.381. The maximum atomic E-state index is 5.77. The Balaban J connectivity index is 1.16. The third-order valence-electron chi connectivity index (χ3n) is 5.73. The van der Waals surface area contributed by atoms with Crippen LogP contribution in [0.1, 0.15) is 17.7 Å². The van der Waals surface area contributed by atoms with Gasteiger partial charge in [0.25, 0.3) is 0 Å². The number of rotatable bonds is 7. The van der Waals surface area contributed by atoms with Crippen molar-refractivity contribution in [2.45, 2.75) is 31.6 Å². The molecule has 2 atom stereocenters. The summed E-state index contributed by atoms with van der Waals surface area (Å²) in [6.07, 6.45) is 6.92. The zero-order valence-electron chi connectivity index (χ0n) is 17.4. The first-order valence-corrected chi connectivity index (χ1v) is 11.7. The van der Waals surface area contributed by atoms with Gasteiger partial charge in [-0.2, -0.15) is 9.97 Å². The number of ether oxygens (including phenoxy) is 1. The Labute approximate surface area is 189 Å². The summed E-state index contributed by atoms with van der Waals surface area (Å²) in [5.41, 5.74) is 3.23.